The highest BCUT2D eigenvalue weighted by molar-refractivity contribution is 7.23. The van der Waals surface area contributed by atoms with E-state index in [1.807, 2.05) is 23.1 Å². The Bertz CT molecular complexity index is 2210. The molecule has 2 aromatic heterocycles. The number of nitrogens with one attached hydrogen (secondary N) is 1. The van der Waals surface area contributed by atoms with Gasteiger partial charge in [0.25, 0.3) is 0 Å². The van der Waals surface area contributed by atoms with Crippen molar-refractivity contribution >= 4 is 66.9 Å². The molecule has 2 amide bonds. The monoisotopic (exact) mass is 782 g/mol. The van der Waals surface area contributed by atoms with E-state index in [0.29, 0.717) is 44.7 Å². The summed E-state index contributed by atoms with van der Waals surface area (Å²) >= 11 is 7.86. The molecule has 1 atom stereocenters. The van der Waals surface area contributed by atoms with E-state index >= 15 is 8.78 Å². The van der Waals surface area contributed by atoms with Gasteiger partial charge in [0.15, 0.2) is 11.6 Å². The van der Waals surface area contributed by atoms with Gasteiger partial charge in [-0.15, -0.1) is 11.3 Å². The van der Waals surface area contributed by atoms with Crippen LogP contribution in [0.15, 0.2) is 24.3 Å². The average molecular weight is 783 g/mol. The molecule has 4 aromatic rings. The molecule has 286 valence electrons. The summed E-state index contributed by atoms with van der Waals surface area (Å²) in [5.74, 6) is -1.04. The van der Waals surface area contributed by atoms with E-state index < -0.39 is 41.1 Å². The maximum absolute atomic E-state index is 17.3. The normalized spacial score (nSPS) is 16.5. The van der Waals surface area contributed by atoms with Gasteiger partial charge in [0.1, 0.15) is 52.1 Å². The molecule has 2 bridgehead atoms. The molecule has 12 nitrogen and oxygen atoms in total. The van der Waals surface area contributed by atoms with Crippen LogP contribution in [0.3, 0.4) is 0 Å². The minimum atomic E-state index is -0.864. The third-order valence-corrected chi connectivity index (χ3v) is 10.0. The Kier molecular flexibility index (Phi) is 10.8. The molecule has 16 heteroatoms. The van der Waals surface area contributed by atoms with Gasteiger partial charge in [-0.1, -0.05) is 29.8 Å². The second kappa shape index (κ2) is 15.1. The minimum Gasteiger partial charge on any atom is -0.489 e. The number of nitriles is 1. The fraction of sp³-hybridized carbons (Fsp3) is 0.447. The van der Waals surface area contributed by atoms with Crippen LogP contribution in [0.2, 0.25) is 5.02 Å². The number of nitrogens with zero attached hydrogens (tertiary/aromatic N) is 5. The third kappa shape index (κ3) is 8.09. The van der Waals surface area contributed by atoms with Gasteiger partial charge in [0.2, 0.25) is 0 Å². The van der Waals surface area contributed by atoms with Gasteiger partial charge in [-0.3, -0.25) is 5.32 Å². The fourth-order valence-corrected chi connectivity index (χ4v) is 7.58. The second-order valence-corrected chi connectivity index (χ2v) is 16.4. The van der Waals surface area contributed by atoms with Crippen molar-refractivity contribution in [1.29, 1.82) is 5.26 Å². The maximum atomic E-state index is 17.3. The molecule has 6 rings (SSSR count). The zero-order chi connectivity index (χ0) is 39.1. The van der Waals surface area contributed by atoms with Crippen molar-refractivity contribution in [3.63, 3.8) is 0 Å². The number of hydrogen-bond acceptors (Lipinski definition) is 11. The Hall–Kier alpha value is -4.94. The van der Waals surface area contributed by atoms with Crippen LogP contribution in [0.1, 0.15) is 66.4 Å². The van der Waals surface area contributed by atoms with Crippen LogP contribution >= 0.6 is 22.9 Å². The van der Waals surface area contributed by atoms with E-state index in [1.165, 1.54) is 11.0 Å². The number of halogens is 3. The van der Waals surface area contributed by atoms with Crippen molar-refractivity contribution < 1.29 is 37.3 Å². The summed E-state index contributed by atoms with van der Waals surface area (Å²) < 4.78 is 56.1. The second-order valence-electron chi connectivity index (χ2n) is 15.0. The Morgan fingerprint density at radius 1 is 1.11 bits per heavy atom. The van der Waals surface area contributed by atoms with Crippen LogP contribution in [0, 0.1) is 23.0 Å². The number of rotatable bonds is 5. The standard InChI is InChI=1S/C38H41ClF2N6O6S/c1-37(2,3)52-35(48)45-33-22(19-42)24-21(12-13-23(40)31(24)54-33)25-27(39)30-26-29(28(25)41)43-34-44-32(26)47(17-18-50-30)15-10-8-9-11-20(51-34)14-16-46(7)36(49)53-38(4,5)6/h8-9,12-13,20H,10-11,14-18H2,1-7H3,(H,45,48)/b9-8-. The summed E-state index contributed by atoms with van der Waals surface area (Å²) in [4.78, 5) is 38.1. The third-order valence-electron chi connectivity index (χ3n) is 8.53. The minimum absolute atomic E-state index is 0.00103. The lowest BCUT2D eigenvalue weighted by Crippen LogP contribution is -2.36. The molecular formula is C38H41ClF2N6O6S. The summed E-state index contributed by atoms with van der Waals surface area (Å²) in [5.41, 5.74) is -1.82. The molecular weight excluding hydrogens is 742 g/mol. The van der Waals surface area contributed by atoms with Crippen molar-refractivity contribution in [2.24, 2.45) is 0 Å². The predicted molar refractivity (Wildman–Crippen MR) is 204 cm³/mol. The number of amides is 2. The number of carbonyl (C=O) groups is 2. The number of anilines is 2. The smallest absolute Gasteiger partial charge is 0.412 e. The highest BCUT2D eigenvalue weighted by Crippen LogP contribution is 2.51. The molecule has 0 saturated carbocycles. The maximum Gasteiger partial charge on any atom is 0.412 e. The Morgan fingerprint density at radius 2 is 1.85 bits per heavy atom. The first-order chi connectivity index (χ1) is 25.5. The number of ether oxygens (including phenoxy) is 4. The molecule has 1 N–H and O–H groups in total. The number of thiophene rings is 1. The SMILES string of the molecule is CN(CCC1C/C=C\CCN2CCOc3c(Cl)c(-c4ccc(F)c5sc(NC(=O)OC(C)(C)C)c(C#N)c45)c(F)c4nc(nc2c34)O1)C(=O)OC(C)(C)C. The Morgan fingerprint density at radius 3 is 2.56 bits per heavy atom. The molecule has 0 radical (unpaired) electrons. The molecule has 2 aliphatic rings. The fourth-order valence-electron chi connectivity index (χ4n) is 6.18. The zero-order valence-corrected chi connectivity index (χ0v) is 32.6. The Labute approximate surface area is 320 Å². The molecule has 54 heavy (non-hydrogen) atoms. The number of hydrogen-bond donors (Lipinski definition) is 1. The van der Waals surface area contributed by atoms with Crippen molar-refractivity contribution in [3.05, 3.63) is 46.5 Å². The van der Waals surface area contributed by atoms with Gasteiger partial charge >= 0.3 is 18.2 Å². The largest absolute Gasteiger partial charge is 0.489 e. The first-order valence-electron chi connectivity index (χ1n) is 17.5. The van der Waals surface area contributed by atoms with Crippen LogP contribution in [0.4, 0.5) is 29.2 Å². The van der Waals surface area contributed by atoms with Gasteiger partial charge in [0.05, 0.1) is 27.2 Å². The molecule has 2 aliphatic heterocycles. The molecule has 0 aliphatic carbocycles. The Balaban J connectivity index is 1.48. The molecule has 0 fully saturated rings. The van der Waals surface area contributed by atoms with Crippen molar-refractivity contribution in [1.82, 2.24) is 14.9 Å². The van der Waals surface area contributed by atoms with Gasteiger partial charge in [-0.05, 0) is 59.6 Å². The predicted octanol–water partition coefficient (Wildman–Crippen LogP) is 9.21. The van der Waals surface area contributed by atoms with Gasteiger partial charge in [-0.2, -0.15) is 15.2 Å². The molecule has 0 saturated heterocycles. The van der Waals surface area contributed by atoms with E-state index in [1.54, 1.807) is 48.6 Å². The summed E-state index contributed by atoms with van der Waals surface area (Å²) in [7, 11) is 1.64. The van der Waals surface area contributed by atoms with E-state index in [4.69, 9.17) is 35.5 Å². The van der Waals surface area contributed by atoms with E-state index in [0.717, 1.165) is 17.4 Å². The lowest BCUT2D eigenvalue weighted by atomic mass is 9.96. The molecule has 4 heterocycles. The van der Waals surface area contributed by atoms with Gasteiger partial charge < -0.3 is 28.7 Å². The summed E-state index contributed by atoms with van der Waals surface area (Å²) in [6.07, 6.45) is 3.75. The lowest BCUT2D eigenvalue weighted by molar-refractivity contribution is 0.0277. The number of aromatic nitrogens is 2. The van der Waals surface area contributed by atoms with Gasteiger partial charge in [-0.25, -0.2) is 18.4 Å². The van der Waals surface area contributed by atoms with E-state index in [-0.39, 0.29) is 66.1 Å². The molecule has 2 aromatic carbocycles. The number of carbonyl (C=O) groups excluding carboxylic acids is 2. The zero-order valence-electron chi connectivity index (χ0n) is 31.1. The summed E-state index contributed by atoms with van der Waals surface area (Å²) in [6.45, 7) is 11.8. The first-order valence-corrected chi connectivity index (χ1v) is 18.7. The van der Waals surface area contributed by atoms with Crippen molar-refractivity contribution in [3.8, 4) is 29.0 Å². The van der Waals surface area contributed by atoms with Crippen LogP contribution in [-0.2, 0) is 9.47 Å². The molecule has 0 spiro atoms. The number of benzene rings is 2. The van der Waals surface area contributed by atoms with Crippen LogP contribution in [0.25, 0.3) is 32.1 Å². The van der Waals surface area contributed by atoms with Gasteiger partial charge in [0, 0.05) is 43.9 Å². The number of fused-ring (bicyclic) bond motifs is 2. The highest BCUT2D eigenvalue weighted by Gasteiger charge is 2.33. The lowest BCUT2D eigenvalue weighted by Gasteiger charge is -2.26. The van der Waals surface area contributed by atoms with Crippen molar-refractivity contribution in [2.75, 3.05) is 43.5 Å². The quantitative estimate of drug-likeness (QED) is 0.195. The topological polar surface area (TPSA) is 139 Å². The average Bonchev–Trinajstić information content (AvgIpc) is 3.32. The van der Waals surface area contributed by atoms with Crippen LogP contribution < -0.4 is 19.7 Å². The highest BCUT2D eigenvalue weighted by atomic mass is 35.5. The van der Waals surface area contributed by atoms with E-state index in [2.05, 4.69) is 10.3 Å². The summed E-state index contributed by atoms with van der Waals surface area (Å²) in [6, 6.07) is 4.43. The van der Waals surface area contributed by atoms with Crippen molar-refractivity contribution in [2.45, 2.75) is 78.1 Å². The van der Waals surface area contributed by atoms with E-state index in [9.17, 15) is 14.9 Å². The summed E-state index contributed by atoms with van der Waals surface area (Å²) in [5, 5.41) is 13.1. The molecule has 1 unspecified atom stereocenters. The van der Waals surface area contributed by atoms with Crippen LogP contribution in [0.5, 0.6) is 11.8 Å². The first kappa shape index (κ1) is 38.8. The van der Waals surface area contributed by atoms with Crippen LogP contribution in [-0.4, -0.2) is 77.6 Å².